The van der Waals surface area contributed by atoms with Gasteiger partial charge in [-0.3, -0.25) is 39.6 Å². The normalized spacial score (nSPS) is 14.6. The van der Waals surface area contributed by atoms with Crippen LogP contribution in [0.25, 0.3) is 0 Å². The Morgan fingerprint density at radius 2 is 1.23 bits per heavy atom. The van der Waals surface area contributed by atoms with E-state index in [0.29, 0.717) is 10.1 Å². The van der Waals surface area contributed by atoms with Crippen molar-refractivity contribution in [2.24, 2.45) is 11.5 Å². The van der Waals surface area contributed by atoms with E-state index in [9.17, 15) is 44.2 Å². The molecule has 11 N–H and O–H groups in total. The second-order valence-electron chi connectivity index (χ2n) is 8.76. The number of rotatable bonds is 21. The van der Waals surface area contributed by atoms with Crippen molar-refractivity contribution in [1.82, 2.24) is 25.8 Å². The van der Waals surface area contributed by atoms with Crippen molar-refractivity contribution in [3.63, 3.8) is 0 Å². The van der Waals surface area contributed by atoms with Crippen molar-refractivity contribution in [1.29, 1.82) is 0 Å². The molecule has 0 aromatic rings. The number of carbonyl (C=O) groups excluding carboxylic acids is 5. The lowest BCUT2D eigenvalue weighted by molar-refractivity contribution is -0.171. The van der Waals surface area contributed by atoms with Crippen LogP contribution in [0.15, 0.2) is 0 Å². The summed E-state index contributed by atoms with van der Waals surface area (Å²) in [6.07, 6.45) is -0.984. The van der Waals surface area contributed by atoms with E-state index in [4.69, 9.17) is 21.9 Å². The van der Waals surface area contributed by atoms with Crippen LogP contribution in [0.2, 0.25) is 0 Å². The average Bonchev–Trinajstić information content (AvgIpc) is 2.89. The summed E-state index contributed by atoms with van der Waals surface area (Å²) in [6, 6.07) is -5.25. The number of amides is 5. The lowest BCUT2D eigenvalue weighted by atomic mass is 10.1. The highest BCUT2D eigenvalue weighted by molar-refractivity contribution is 5.89. The average molecular weight is 566 g/mol. The molecule has 0 aromatic heterocycles. The van der Waals surface area contributed by atoms with E-state index in [0.717, 1.165) is 0 Å². The zero-order valence-corrected chi connectivity index (χ0v) is 21.6. The van der Waals surface area contributed by atoms with Crippen molar-refractivity contribution in [2.75, 3.05) is 19.6 Å². The molecule has 0 saturated heterocycles. The summed E-state index contributed by atoms with van der Waals surface area (Å²) >= 11 is 0. The van der Waals surface area contributed by atoms with E-state index in [1.807, 2.05) is 0 Å². The molecule has 224 valence electrons. The van der Waals surface area contributed by atoms with Gasteiger partial charge in [0.15, 0.2) is 0 Å². The first-order valence-corrected chi connectivity index (χ1v) is 12.1. The topological polar surface area (TPSA) is 289 Å². The molecule has 0 spiro atoms. The Bertz CT molecular complexity index is 817. The minimum Gasteiger partial charge on any atom is -0.480 e. The number of carbonyl (C=O) groups is 6. The second-order valence-corrected chi connectivity index (χ2v) is 8.76. The lowest BCUT2D eigenvalue weighted by Crippen LogP contribution is -2.56. The number of carboxylic acid groups (broad SMARTS) is 1. The Hall–Kier alpha value is -3.42. The van der Waals surface area contributed by atoms with Crippen molar-refractivity contribution < 1.29 is 54.6 Å². The number of nitrogens with zero attached hydrogens (tertiary/aromatic N) is 3. The number of aliphatic carboxylic acids is 1. The van der Waals surface area contributed by atoms with Crippen LogP contribution in [0, 0.1) is 0 Å². The Morgan fingerprint density at radius 1 is 0.795 bits per heavy atom. The van der Waals surface area contributed by atoms with Gasteiger partial charge in [0.2, 0.25) is 24.6 Å². The molecule has 18 nitrogen and oxygen atoms in total. The highest BCUT2D eigenvalue weighted by Gasteiger charge is 2.31. The molecule has 0 radical (unpaired) electrons. The van der Waals surface area contributed by atoms with Crippen LogP contribution in [0.1, 0.15) is 45.4 Å². The maximum atomic E-state index is 12.6. The van der Waals surface area contributed by atoms with E-state index in [2.05, 4.69) is 10.6 Å². The summed E-state index contributed by atoms with van der Waals surface area (Å²) in [5, 5.41) is 52.9. The van der Waals surface area contributed by atoms with E-state index < -0.39 is 60.5 Å². The number of carboxylic acids is 1. The zero-order chi connectivity index (χ0) is 30.1. The van der Waals surface area contributed by atoms with Gasteiger partial charge in [-0.25, -0.2) is 20.0 Å². The fourth-order valence-electron chi connectivity index (χ4n) is 3.22. The number of hydroxylamine groups is 6. The summed E-state index contributed by atoms with van der Waals surface area (Å²) < 4.78 is 0. The van der Waals surface area contributed by atoms with E-state index in [1.165, 1.54) is 6.92 Å². The standard InChI is InChI=1S/C21H39N7O11/c1-13(31)17(25-19(33)15(23)6-3-9-27(38)12-30)20(34)28(39)10-4-7-16(21(35)36)24-18(32)14(22)5-2-8-26(37)11-29/h11-17,31,37-39H,2-10,22-23H2,1H3,(H,24,32)(H,25,33)(H,35,36). The largest absolute Gasteiger partial charge is 0.480 e. The summed E-state index contributed by atoms with van der Waals surface area (Å²) in [4.78, 5) is 69.2. The minimum absolute atomic E-state index is 0.0326. The number of aliphatic hydroxyl groups is 1. The first-order chi connectivity index (χ1) is 18.2. The molecule has 0 heterocycles. The van der Waals surface area contributed by atoms with Gasteiger partial charge in [-0.2, -0.15) is 0 Å². The zero-order valence-electron chi connectivity index (χ0n) is 21.6. The summed E-state index contributed by atoms with van der Waals surface area (Å²) in [6.45, 7) is 0.621. The van der Waals surface area contributed by atoms with Gasteiger partial charge < -0.3 is 32.3 Å². The van der Waals surface area contributed by atoms with E-state index in [-0.39, 0.29) is 69.5 Å². The molecule has 0 bridgehead atoms. The molecular formula is C21H39N7O11. The predicted octanol–water partition coefficient (Wildman–Crippen LogP) is -3.67. The Balaban J connectivity index is 4.81. The molecule has 5 amide bonds. The molecule has 5 unspecified atom stereocenters. The first-order valence-electron chi connectivity index (χ1n) is 12.1. The molecule has 5 atom stereocenters. The van der Waals surface area contributed by atoms with E-state index >= 15 is 0 Å². The van der Waals surface area contributed by atoms with Crippen LogP contribution < -0.4 is 22.1 Å². The van der Waals surface area contributed by atoms with Crippen molar-refractivity contribution in [2.45, 2.75) is 75.7 Å². The van der Waals surface area contributed by atoms with Crippen molar-refractivity contribution >= 4 is 36.5 Å². The monoisotopic (exact) mass is 565 g/mol. The van der Waals surface area contributed by atoms with Gasteiger partial charge in [-0.1, -0.05) is 0 Å². The third-order valence-corrected chi connectivity index (χ3v) is 5.50. The minimum atomic E-state index is -1.58. The van der Waals surface area contributed by atoms with Crippen LogP contribution in [0.4, 0.5) is 0 Å². The van der Waals surface area contributed by atoms with E-state index in [1.54, 1.807) is 0 Å². The third kappa shape index (κ3) is 14.3. The first kappa shape index (κ1) is 35.6. The molecular weight excluding hydrogens is 526 g/mol. The van der Waals surface area contributed by atoms with Crippen LogP contribution >= 0.6 is 0 Å². The molecule has 0 saturated carbocycles. The maximum absolute atomic E-state index is 12.6. The number of nitrogens with two attached hydrogens (primary N) is 2. The smallest absolute Gasteiger partial charge is 0.326 e. The van der Waals surface area contributed by atoms with Gasteiger partial charge in [-0.05, 0) is 45.4 Å². The van der Waals surface area contributed by atoms with Gasteiger partial charge >= 0.3 is 5.97 Å². The summed E-state index contributed by atoms with van der Waals surface area (Å²) in [5.41, 5.74) is 11.4. The fourth-order valence-corrected chi connectivity index (χ4v) is 3.22. The summed E-state index contributed by atoms with van der Waals surface area (Å²) in [7, 11) is 0. The van der Waals surface area contributed by atoms with Crippen LogP contribution in [0.3, 0.4) is 0 Å². The Labute approximate surface area is 224 Å². The Kier molecular flexibility index (Phi) is 17.1. The second kappa shape index (κ2) is 18.8. The molecule has 0 rings (SSSR count). The molecule has 0 aliphatic heterocycles. The SMILES string of the molecule is CC(O)C(NC(=O)C(N)CCCN(O)C=O)C(=O)N(O)CCCC(NC(=O)C(N)CCCN(O)C=O)C(=O)O. The number of aliphatic hydroxyl groups excluding tert-OH is 1. The summed E-state index contributed by atoms with van der Waals surface area (Å²) in [5.74, 6) is -4.12. The van der Waals surface area contributed by atoms with Crippen LogP contribution in [-0.4, -0.2) is 127 Å². The quantitative estimate of drug-likeness (QED) is 0.0369. The fraction of sp³-hybridized carbons (Fsp3) is 0.714. The molecule has 39 heavy (non-hydrogen) atoms. The number of hydrogen-bond donors (Lipinski definition) is 9. The maximum Gasteiger partial charge on any atom is 0.326 e. The molecule has 18 heteroatoms. The van der Waals surface area contributed by atoms with Crippen molar-refractivity contribution in [3.05, 3.63) is 0 Å². The molecule has 0 aromatic carbocycles. The number of nitrogens with one attached hydrogen (secondary N) is 2. The number of hydrogen-bond acceptors (Lipinski definition) is 12. The predicted molar refractivity (Wildman–Crippen MR) is 129 cm³/mol. The van der Waals surface area contributed by atoms with Crippen molar-refractivity contribution in [3.8, 4) is 0 Å². The Morgan fingerprint density at radius 3 is 1.64 bits per heavy atom. The van der Waals surface area contributed by atoms with Crippen LogP contribution in [0.5, 0.6) is 0 Å². The van der Waals surface area contributed by atoms with Gasteiger partial charge in [-0.15, -0.1) is 0 Å². The van der Waals surface area contributed by atoms with Gasteiger partial charge in [0.1, 0.15) is 12.1 Å². The van der Waals surface area contributed by atoms with Gasteiger partial charge in [0.05, 0.1) is 18.2 Å². The molecule has 0 aliphatic carbocycles. The highest BCUT2D eigenvalue weighted by atomic mass is 16.5. The molecule has 0 aliphatic rings. The van der Waals surface area contributed by atoms with Gasteiger partial charge in [0.25, 0.3) is 5.91 Å². The third-order valence-electron chi connectivity index (χ3n) is 5.50. The van der Waals surface area contributed by atoms with Crippen LogP contribution in [-0.2, 0) is 28.8 Å². The lowest BCUT2D eigenvalue weighted by Gasteiger charge is -2.26. The van der Waals surface area contributed by atoms with Gasteiger partial charge in [0, 0.05) is 19.6 Å². The molecule has 0 fully saturated rings. The highest BCUT2D eigenvalue weighted by Crippen LogP contribution is 2.06.